The van der Waals surface area contributed by atoms with E-state index in [1.807, 2.05) is 0 Å². The first kappa shape index (κ1) is 10.5. The van der Waals surface area contributed by atoms with E-state index in [1.54, 1.807) is 0 Å². The maximum atomic E-state index is 11.8. The summed E-state index contributed by atoms with van der Waals surface area (Å²) in [7, 11) is 0. The molecule has 1 aromatic heterocycles. The topological polar surface area (TPSA) is 90.7 Å². The predicted octanol–water partition coefficient (Wildman–Crippen LogP) is 0.531. The van der Waals surface area contributed by atoms with Gasteiger partial charge in [-0.2, -0.15) is 28.1 Å². The number of aryl methyl sites for hydroxylation is 1. The molecule has 0 fully saturated rings. The van der Waals surface area contributed by atoms with Crippen molar-refractivity contribution in [3.05, 3.63) is 5.82 Å². The van der Waals surface area contributed by atoms with Gasteiger partial charge in [-0.3, -0.25) is 0 Å². The molecule has 0 unspecified atom stereocenters. The quantitative estimate of drug-likeness (QED) is 0.738. The third-order valence-electron chi connectivity index (χ3n) is 1.35. The summed E-state index contributed by atoms with van der Waals surface area (Å²) < 4.78 is 35.4. The van der Waals surface area contributed by atoms with Gasteiger partial charge in [0.05, 0.1) is 6.42 Å². The number of hydrogen-bond donors (Lipinski definition) is 2. The van der Waals surface area contributed by atoms with Crippen LogP contribution in [0.15, 0.2) is 0 Å². The number of rotatable bonds is 2. The Hall–Kier alpha value is -1.60. The first-order valence-corrected chi connectivity index (χ1v) is 3.69. The van der Waals surface area contributed by atoms with Crippen LogP contribution in [0.2, 0.25) is 0 Å². The lowest BCUT2D eigenvalue weighted by molar-refractivity contribution is -0.134. The molecule has 0 aliphatic rings. The van der Waals surface area contributed by atoms with Gasteiger partial charge in [0.15, 0.2) is 0 Å². The van der Waals surface area contributed by atoms with E-state index in [2.05, 4.69) is 15.0 Å². The van der Waals surface area contributed by atoms with Crippen LogP contribution in [0.25, 0.3) is 0 Å². The molecule has 1 heterocycles. The second-order valence-corrected chi connectivity index (χ2v) is 2.58. The van der Waals surface area contributed by atoms with E-state index < -0.39 is 12.6 Å². The molecule has 8 heteroatoms. The highest BCUT2D eigenvalue weighted by Crippen LogP contribution is 2.21. The Balaban J connectivity index is 2.68. The summed E-state index contributed by atoms with van der Waals surface area (Å²) in [5.41, 5.74) is 10.4. The third-order valence-corrected chi connectivity index (χ3v) is 1.35. The molecule has 0 aromatic carbocycles. The lowest BCUT2D eigenvalue weighted by Crippen LogP contribution is -2.12. The molecule has 1 rings (SSSR count). The molecule has 1 aromatic rings. The summed E-state index contributed by atoms with van der Waals surface area (Å²) in [5, 5.41) is 0. The lowest BCUT2D eigenvalue weighted by Gasteiger charge is -2.05. The van der Waals surface area contributed by atoms with Gasteiger partial charge in [0.2, 0.25) is 11.9 Å². The minimum Gasteiger partial charge on any atom is -0.368 e. The number of nitrogens with two attached hydrogens (primary N) is 2. The number of alkyl halides is 3. The number of anilines is 2. The SMILES string of the molecule is Nc1nc(N)nc(CCC(F)(F)F)n1. The average molecular weight is 207 g/mol. The molecule has 0 saturated carbocycles. The van der Waals surface area contributed by atoms with Crippen molar-refractivity contribution >= 4 is 11.9 Å². The monoisotopic (exact) mass is 207 g/mol. The van der Waals surface area contributed by atoms with Gasteiger partial charge < -0.3 is 11.5 Å². The molecule has 0 amide bonds. The maximum Gasteiger partial charge on any atom is 0.389 e. The lowest BCUT2D eigenvalue weighted by atomic mass is 10.3. The van der Waals surface area contributed by atoms with Gasteiger partial charge in [-0.15, -0.1) is 0 Å². The molecule has 0 atom stereocenters. The van der Waals surface area contributed by atoms with Gasteiger partial charge in [0, 0.05) is 6.42 Å². The van der Waals surface area contributed by atoms with Crippen molar-refractivity contribution in [1.82, 2.24) is 15.0 Å². The number of nitrogens with zero attached hydrogens (tertiary/aromatic N) is 3. The standard InChI is InChI=1S/C6H8F3N5/c7-6(8,9)2-1-3-12-4(10)14-5(11)13-3/h1-2H2,(H4,10,11,12,13,14). The molecule has 0 radical (unpaired) electrons. The van der Waals surface area contributed by atoms with Crippen molar-refractivity contribution < 1.29 is 13.2 Å². The molecular formula is C6H8F3N5. The van der Waals surface area contributed by atoms with Crippen LogP contribution in [0.1, 0.15) is 12.2 Å². The Morgan fingerprint density at radius 2 is 1.50 bits per heavy atom. The van der Waals surface area contributed by atoms with E-state index in [1.165, 1.54) is 0 Å². The second-order valence-electron chi connectivity index (χ2n) is 2.58. The van der Waals surface area contributed by atoms with E-state index in [0.717, 1.165) is 0 Å². The average Bonchev–Trinajstić information content (AvgIpc) is 1.97. The summed E-state index contributed by atoms with van der Waals surface area (Å²) in [4.78, 5) is 10.5. The zero-order valence-electron chi connectivity index (χ0n) is 7.04. The molecule has 0 bridgehead atoms. The molecule has 0 spiro atoms. The number of halogens is 3. The third kappa shape index (κ3) is 3.42. The van der Waals surface area contributed by atoms with Crippen LogP contribution in [0, 0.1) is 0 Å². The Kier molecular flexibility index (Phi) is 2.73. The second kappa shape index (κ2) is 3.64. The highest BCUT2D eigenvalue weighted by molar-refractivity contribution is 5.25. The predicted molar refractivity (Wildman–Crippen MR) is 43.0 cm³/mol. The van der Waals surface area contributed by atoms with Crippen molar-refractivity contribution in [2.75, 3.05) is 11.5 Å². The van der Waals surface area contributed by atoms with Crippen molar-refractivity contribution in [1.29, 1.82) is 0 Å². The molecule has 0 saturated heterocycles. The normalized spacial score (nSPS) is 11.6. The first-order valence-electron chi connectivity index (χ1n) is 3.69. The highest BCUT2D eigenvalue weighted by atomic mass is 19.4. The summed E-state index contributed by atoms with van der Waals surface area (Å²) >= 11 is 0. The molecule has 14 heavy (non-hydrogen) atoms. The molecular weight excluding hydrogens is 199 g/mol. The largest absolute Gasteiger partial charge is 0.389 e. The number of nitrogen functional groups attached to an aromatic ring is 2. The van der Waals surface area contributed by atoms with Crippen LogP contribution in [0.3, 0.4) is 0 Å². The van der Waals surface area contributed by atoms with Crippen molar-refractivity contribution in [3.8, 4) is 0 Å². The van der Waals surface area contributed by atoms with Crippen LogP contribution in [0.5, 0.6) is 0 Å². The smallest absolute Gasteiger partial charge is 0.368 e. The zero-order valence-corrected chi connectivity index (χ0v) is 7.04. The first-order chi connectivity index (χ1) is 6.37. The Morgan fingerprint density at radius 3 is 1.93 bits per heavy atom. The highest BCUT2D eigenvalue weighted by Gasteiger charge is 2.27. The minimum atomic E-state index is -4.24. The minimum absolute atomic E-state index is 0.0488. The fourth-order valence-electron chi connectivity index (χ4n) is 0.822. The van der Waals surface area contributed by atoms with E-state index >= 15 is 0 Å². The molecule has 0 aliphatic heterocycles. The summed E-state index contributed by atoms with van der Waals surface area (Å²) in [6, 6.07) is 0. The van der Waals surface area contributed by atoms with Gasteiger partial charge in [0.25, 0.3) is 0 Å². The molecule has 78 valence electrons. The summed E-state index contributed by atoms with van der Waals surface area (Å²) in [6.07, 6.45) is -5.59. The fourth-order valence-corrected chi connectivity index (χ4v) is 0.822. The Labute approximate surface area is 77.4 Å². The van der Waals surface area contributed by atoms with Crippen LogP contribution in [-0.2, 0) is 6.42 Å². The van der Waals surface area contributed by atoms with E-state index in [4.69, 9.17) is 11.5 Å². The molecule has 4 N–H and O–H groups in total. The van der Waals surface area contributed by atoms with Crippen LogP contribution in [-0.4, -0.2) is 21.1 Å². The van der Waals surface area contributed by atoms with Crippen LogP contribution < -0.4 is 11.5 Å². The molecule has 0 aliphatic carbocycles. The number of hydrogen-bond acceptors (Lipinski definition) is 5. The van der Waals surface area contributed by atoms with E-state index in [0.29, 0.717) is 0 Å². The van der Waals surface area contributed by atoms with Crippen molar-refractivity contribution in [3.63, 3.8) is 0 Å². The Morgan fingerprint density at radius 1 is 1.00 bits per heavy atom. The van der Waals surface area contributed by atoms with Crippen LogP contribution in [0.4, 0.5) is 25.1 Å². The van der Waals surface area contributed by atoms with Crippen LogP contribution >= 0.6 is 0 Å². The zero-order chi connectivity index (χ0) is 10.8. The van der Waals surface area contributed by atoms with Gasteiger partial charge in [-0.1, -0.05) is 0 Å². The van der Waals surface area contributed by atoms with Gasteiger partial charge in [-0.05, 0) is 0 Å². The Bertz CT molecular complexity index is 303. The van der Waals surface area contributed by atoms with E-state index in [-0.39, 0.29) is 24.1 Å². The summed E-state index contributed by atoms with van der Waals surface area (Å²) in [5.74, 6) is -0.392. The fraction of sp³-hybridized carbons (Fsp3) is 0.500. The molecule has 5 nitrogen and oxygen atoms in total. The van der Waals surface area contributed by atoms with Gasteiger partial charge >= 0.3 is 6.18 Å². The van der Waals surface area contributed by atoms with Crippen molar-refractivity contribution in [2.45, 2.75) is 19.0 Å². The number of aromatic nitrogens is 3. The van der Waals surface area contributed by atoms with E-state index in [9.17, 15) is 13.2 Å². The van der Waals surface area contributed by atoms with Gasteiger partial charge in [0.1, 0.15) is 5.82 Å². The van der Waals surface area contributed by atoms with Gasteiger partial charge in [-0.25, -0.2) is 0 Å². The van der Waals surface area contributed by atoms with Crippen molar-refractivity contribution in [2.24, 2.45) is 0 Å². The summed E-state index contributed by atoms with van der Waals surface area (Å²) in [6.45, 7) is 0. The maximum absolute atomic E-state index is 11.8.